The van der Waals surface area contributed by atoms with Crippen LogP contribution in [-0.4, -0.2) is 28.9 Å². The highest BCUT2D eigenvalue weighted by atomic mass is 16.3. The lowest BCUT2D eigenvalue weighted by Crippen LogP contribution is -2.22. The maximum absolute atomic E-state index is 8.93. The molecular weight excluding hydrogens is 118 g/mol. The lowest BCUT2D eigenvalue weighted by Gasteiger charge is -2.05. The molecule has 0 unspecified atom stereocenters. The quantitative estimate of drug-likeness (QED) is 0.429. The molecule has 3 nitrogen and oxygen atoms in total. The minimum atomic E-state index is -0.320. The highest BCUT2D eigenvalue weighted by Crippen LogP contribution is 2.10. The Bertz CT molecular complexity index is 124. The highest BCUT2D eigenvalue weighted by molar-refractivity contribution is 4.99. The number of hydrogen-bond donors (Lipinski definition) is 3. The van der Waals surface area contributed by atoms with Gasteiger partial charge in [0.05, 0.1) is 12.1 Å². The molecule has 0 aromatic rings. The summed E-state index contributed by atoms with van der Waals surface area (Å²) in [4.78, 5) is 0. The molecular formula is C6H11NO2. The van der Waals surface area contributed by atoms with Crippen LogP contribution >= 0.6 is 0 Å². The van der Waals surface area contributed by atoms with E-state index in [-0.39, 0.29) is 17.9 Å². The molecule has 1 fully saturated rings. The van der Waals surface area contributed by atoms with Crippen molar-refractivity contribution in [2.45, 2.75) is 18.6 Å². The normalized spacial score (nSPS) is 34.8. The first kappa shape index (κ1) is 6.58. The lowest BCUT2D eigenvalue weighted by molar-refractivity contribution is 0.192. The third-order valence-electron chi connectivity index (χ3n) is 1.51. The van der Waals surface area contributed by atoms with Crippen molar-refractivity contribution < 1.29 is 10.2 Å². The van der Waals surface area contributed by atoms with Gasteiger partial charge >= 0.3 is 0 Å². The van der Waals surface area contributed by atoms with Crippen LogP contribution in [0.1, 0.15) is 6.42 Å². The van der Waals surface area contributed by atoms with Gasteiger partial charge < -0.3 is 15.5 Å². The van der Waals surface area contributed by atoms with Gasteiger partial charge in [0.15, 0.2) is 0 Å². The molecule has 2 atom stereocenters. The average Bonchev–Trinajstić information content (AvgIpc) is 2.14. The zero-order valence-corrected chi connectivity index (χ0v) is 5.17. The van der Waals surface area contributed by atoms with Crippen LogP contribution in [0.3, 0.4) is 0 Å². The van der Waals surface area contributed by atoms with Gasteiger partial charge in [-0.2, -0.15) is 0 Å². The molecule has 9 heavy (non-hydrogen) atoms. The van der Waals surface area contributed by atoms with Crippen molar-refractivity contribution in [2.24, 2.45) is 0 Å². The van der Waals surface area contributed by atoms with E-state index < -0.39 is 0 Å². The SMILES string of the molecule is C=C(O)[C@@H]1C[C@H](O)CN1. The third kappa shape index (κ3) is 1.43. The predicted octanol–water partition coefficient (Wildman–Crippen LogP) is -0.219. The van der Waals surface area contributed by atoms with Crippen LogP contribution in [0.4, 0.5) is 0 Å². The molecule has 0 aromatic carbocycles. The predicted molar refractivity (Wildman–Crippen MR) is 34.2 cm³/mol. The van der Waals surface area contributed by atoms with E-state index in [2.05, 4.69) is 11.9 Å². The molecule has 3 N–H and O–H groups in total. The Labute approximate surface area is 54.0 Å². The van der Waals surface area contributed by atoms with Crippen LogP contribution in [0.2, 0.25) is 0 Å². The summed E-state index contributed by atoms with van der Waals surface area (Å²) in [6.45, 7) is 3.91. The van der Waals surface area contributed by atoms with E-state index in [1.165, 1.54) is 0 Å². The van der Waals surface area contributed by atoms with Crippen molar-refractivity contribution in [3.05, 3.63) is 12.3 Å². The number of β-amino-alcohol motifs (C(OH)–C–C–N with tert-alkyl or cyclic N) is 1. The summed E-state index contributed by atoms with van der Waals surface area (Å²) in [5.74, 6) is 0.117. The monoisotopic (exact) mass is 129 g/mol. The fraction of sp³-hybridized carbons (Fsp3) is 0.667. The molecule has 1 rings (SSSR count). The van der Waals surface area contributed by atoms with Crippen molar-refractivity contribution in [1.82, 2.24) is 5.32 Å². The maximum Gasteiger partial charge on any atom is 0.102 e. The molecule has 0 spiro atoms. The molecule has 1 heterocycles. The van der Waals surface area contributed by atoms with Gasteiger partial charge in [0.2, 0.25) is 0 Å². The molecule has 0 saturated carbocycles. The summed E-state index contributed by atoms with van der Waals surface area (Å²) >= 11 is 0. The van der Waals surface area contributed by atoms with Gasteiger partial charge in [0.1, 0.15) is 5.76 Å². The fourth-order valence-corrected chi connectivity index (χ4v) is 0.971. The molecule has 0 aromatic heterocycles. The lowest BCUT2D eigenvalue weighted by atomic mass is 10.2. The summed E-state index contributed by atoms with van der Waals surface area (Å²) in [6, 6.07) is -0.0972. The van der Waals surface area contributed by atoms with Crippen LogP contribution < -0.4 is 5.32 Å². The molecule has 52 valence electrons. The second-order valence-corrected chi connectivity index (χ2v) is 2.34. The Kier molecular flexibility index (Phi) is 1.73. The smallest absolute Gasteiger partial charge is 0.102 e. The Balaban J connectivity index is 2.39. The standard InChI is InChI=1S/C6H11NO2/c1-4(8)6-2-5(9)3-7-6/h5-9H,1-3H2/t5-,6-/m0/s1. The van der Waals surface area contributed by atoms with Gasteiger partial charge in [-0.05, 0) is 6.42 Å². The van der Waals surface area contributed by atoms with Crippen molar-refractivity contribution in [1.29, 1.82) is 0 Å². The Hall–Kier alpha value is -0.540. The van der Waals surface area contributed by atoms with Gasteiger partial charge in [-0.3, -0.25) is 0 Å². The molecule has 0 aliphatic carbocycles. The van der Waals surface area contributed by atoms with Gasteiger partial charge in [-0.25, -0.2) is 0 Å². The zero-order valence-electron chi connectivity index (χ0n) is 5.17. The fourth-order valence-electron chi connectivity index (χ4n) is 0.971. The molecule has 3 heteroatoms. The number of aliphatic hydroxyl groups is 2. The third-order valence-corrected chi connectivity index (χ3v) is 1.51. The van der Waals surface area contributed by atoms with Crippen molar-refractivity contribution in [3.63, 3.8) is 0 Å². The molecule has 0 bridgehead atoms. The Morgan fingerprint density at radius 1 is 1.67 bits per heavy atom. The van der Waals surface area contributed by atoms with Gasteiger partial charge in [0.25, 0.3) is 0 Å². The second kappa shape index (κ2) is 2.37. The van der Waals surface area contributed by atoms with E-state index in [0.29, 0.717) is 13.0 Å². The van der Waals surface area contributed by atoms with E-state index in [1.54, 1.807) is 0 Å². The minimum Gasteiger partial charge on any atom is -0.511 e. The van der Waals surface area contributed by atoms with Crippen molar-refractivity contribution >= 4 is 0 Å². The first-order valence-electron chi connectivity index (χ1n) is 2.99. The second-order valence-electron chi connectivity index (χ2n) is 2.34. The van der Waals surface area contributed by atoms with E-state index >= 15 is 0 Å². The van der Waals surface area contributed by atoms with Gasteiger partial charge in [-0.15, -0.1) is 0 Å². The van der Waals surface area contributed by atoms with E-state index in [9.17, 15) is 0 Å². The van der Waals surface area contributed by atoms with E-state index in [1.807, 2.05) is 0 Å². The molecule has 0 radical (unpaired) electrons. The Morgan fingerprint density at radius 3 is 2.56 bits per heavy atom. The molecule has 1 aliphatic rings. The zero-order chi connectivity index (χ0) is 6.85. The number of aliphatic hydroxyl groups excluding tert-OH is 2. The summed E-state index contributed by atoms with van der Waals surface area (Å²) in [6.07, 6.45) is 0.258. The van der Waals surface area contributed by atoms with Crippen LogP contribution in [-0.2, 0) is 0 Å². The molecule has 1 saturated heterocycles. The average molecular weight is 129 g/mol. The van der Waals surface area contributed by atoms with Crippen LogP contribution in [0.25, 0.3) is 0 Å². The van der Waals surface area contributed by atoms with Crippen LogP contribution in [0.15, 0.2) is 12.3 Å². The van der Waals surface area contributed by atoms with Gasteiger partial charge in [0, 0.05) is 6.54 Å². The summed E-state index contributed by atoms with van der Waals surface area (Å²) in [5.41, 5.74) is 0. The number of nitrogens with one attached hydrogen (secondary N) is 1. The largest absolute Gasteiger partial charge is 0.511 e. The number of hydrogen-bond acceptors (Lipinski definition) is 3. The summed E-state index contributed by atoms with van der Waals surface area (Å²) < 4.78 is 0. The highest BCUT2D eigenvalue weighted by Gasteiger charge is 2.23. The number of rotatable bonds is 1. The van der Waals surface area contributed by atoms with Crippen LogP contribution in [0, 0.1) is 0 Å². The Morgan fingerprint density at radius 2 is 2.33 bits per heavy atom. The van der Waals surface area contributed by atoms with E-state index in [4.69, 9.17) is 10.2 Å². The maximum atomic E-state index is 8.93. The van der Waals surface area contributed by atoms with Crippen molar-refractivity contribution in [3.8, 4) is 0 Å². The first-order valence-corrected chi connectivity index (χ1v) is 2.99. The molecule has 1 aliphatic heterocycles. The molecule has 0 amide bonds. The van der Waals surface area contributed by atoms with Crippen LogP contribution in [0.5, 0.6) is 0 Å². The van der Waals surface area contributed by atoms with Crippen molar-refractivity contribution in [2.75, 3.05) is 6.54 Å². The minimum absolute atomic E-state index is 0.0972. The first-order chi connectivity index (χ1) is 4.20. The summed E-state index contributed by atoms with van der Waals surface area (Å²) in [7, 11) is 0. The summed E-state index contributed by atoms with van der Waals surface area (Å²) in [5, 5.41) is 20.6. The van der Waals surface area contributed by atoms with Gasteiger partial charge in [-0.1, -0.05) is 6.58 Å². The topological polar surface area (TPSA) is 52.5 Å². The van der Waals surface area contributed by atoms with E-state index in [0.717, 1.165) is 0 Å².